The summed E-state index contributed by atoms with van der Waals surface area (Å²) in [5, 5.41) is 3.67. The molecule has 2 aliphatic heterocycles. The summed E-state index contributed by atoms with van der Waals surface area (Å²) in [5.41, 5.74) is 0.132. The maximum atomic E-state index is 6.15. The molecule has 112 valence electrons. The lowest BCUT2D eigenvalue weighted by Crippen LogP contribution is -2.48. The van der Waals surface area contributed by atoms with Gasteiger partial charge in [0.2, 0.25) is 0 Å². The normalized spacial score (nSPS) is 30.5. The minimum absolute atomic E-state index is 0.132. The molecular formula is C16H31NO2. The smallest absolute Gasteiger partial charge is 0.0729 e. The summed E-state index contributed by atoms with van der Waals surface area (Å²) in [6.07, 6.45) is 4.61. The number of rotatable bonds is 4. The molecule has 0 aromatic rings. The zero-order chi connectivity index (χ0) is 13.9. The van der Waals surface area contributed by atoms with Crippen LogP contribution < -0.4 is 5.32 Å². The Bertz CT molecular complexity index is 268. The maximum Gasteiger partial charge on any atom is 0.0729 e. The van der Waals surface area contributed by atoms with Crippen LogP contribution in [0.1, 0.15) is 53.4 Å². The van der Waals surface area contributed by atoms with Crippen LogP contribution >= 0.6 is 0 Å². The zero-order valence-corrected chi connectivity index (χ0v) is 13.1. The fourth-order valence-electron chi connectivity index (χ4n) is 3.69. The molecule has 19 heavy (non-hydrogen) atoms. The van der Waals surface area contributed by atoms with Gasteiger partial charge in [0.05, 0.1) is 5.60 Å². The molecule has 1 N–H and O–H groups in total. The van der Waals surface area contributed by atoms with Crippen LogP contribution in [0, 0.1) is 11.8 Å². The number of ether oxygens (including phenoxy) is 2. The molecule has 3 unspecified atom stereocenters. The van der Waals surface area contributed by atoms with E-state index in [1.807, 2.05) is 0 Å². The average molecular weight is 269 g/mol. The molecule has 3 atom stereocenters. The SMILES string of the molecule is CC(C)NC(C)C(C)C1CCOC2(CCOCC2)C1. The Kier molecular flexibility index (Phi) is 5.27. The van der Waals surface area contributed by atoms with Gasteiger partial charge >= 0.3 is 0 Å². The third kappa shape index (κ3) is 3.93. The molecule has 1 spiro atoms. The Morgan fingerprint density at radius 1 is 1.05 bits per heavy atom. The monoisotopic (exact) mass is 269 g/mol. The number of nitrogens with one attached hydrogen (secondary N) is 1. The lowest BCUT2D eigenvalue weighted by Gasteiger charge is -2.46. The van der Waals surface area contributed by atoms with Crippen molar-refractivity contribution in [1.29, 1.82) is 0 Å². The Hall–Kier alpha value is -0.120. The predicted molar refractivity (Wildman–Crippen MR) is 78.4 cm³/mol. The standard InChI is InChI=1S/C16H31NO2/c1-12(2)17-14(4)13(3)15-5-8-19-16(11-15)6-9-18-10-7-16/h12-15,17H,5-11H2,1-4H3. The van der Waals surface area contributed by atoms with E-state index in [-0.39, 0.29) is 5.60 Å². The quantitative estimate of drug-likeness (QED) is 0.851. The van der Waals surface area contributed by atoms with Crippen molar-refractivity contribution in [2.45, 2.75) is 71.1 Å². The van der Waals surface area contributed by atoms with Crippen molar-refractivity contribution >= 4 is 0 Å². The minimum atomic E-state index is 0.132. The topological polar surface area (TPSA) is 30.5 Å². The van der Waals surface area contributed by atoms with Gasteiger partial charge in [-0.25, -0.2) is 0 Å². The highest BCUT2D eigenvalue weighted by molar-refractivity contribution is 4.92. The second-order valence-electron chi connectivity index (χ2n) is 6.87. The van der Waals surface area contributed by atoms with Gasteiger partial charge < -0.3 is 14.8 Å². The molecule has 2 saturated heterocycles. The van der Waals surface area contributed by atoms with Crippen molar-refractivity contribution in [1.82, 2.24) is 5.32 Å². The molecule has 2 fully saturated rings. The van der Waals surface area contributed by atoms with Crippen LogP contribution in [0.5, 0.6) is 0 Å². The molecule has 0 saturated carbocycles. The average Bonchev–Trinajstić information content (AvgIpc) is 2.38. The highest BCUT2D eigenvalue weighted by atomic mass is 16.5. The van der Waals surface area contributed by atoms with E-state index in [0.717, 1.165) is 38.6 Å². The fraction of sp³-hybridized carbons (Fsp3) is 1.00. The van der Waals surface area contributed by atoms with Gasteiger partial charge in [-0.15, -0.1) is 0 Å². The first-order chi connectivity index (χ1) is 9.02. The van der Waals surface area contributed by atoms with E-state index >= 15 is 0 Å². The summed E-state index contributed by atoms with van der Waals surface area (Å²) in [5.74, 6) is 1.50. The lowest BCUT2D eigenvalue weighted by molar-refractivity contribution is -0.153. The van der Waals surface area contributed by atoms with Crippen LogP contribution in [0.2, 0.25) is 0 Å². The molecule has 2 aliphatic rings. The predicted octanol–water partition coefficient (Wildman–Crippen LogP) is 2.98. The van der Waals surface area contributed by atoms with Crippen LogP contribution in [0.3, 0.4) is 0 Å². The lowest BCUT2D eigenvalue weighted by atomic mass is 9.74. The molecule has 0 amide bonds. The first kappa shape index (κ1) is 15.3. The van der Waals surface area contributed by atoms with E-state index in [1.54, 1.807) is 0 Å². The second kappa shape index (κ2) is 6.55. The van der Waals surface area contributed by atoms with Gasteiger partial charge in [0.25, 0.3) is 0 Å². The summed E-state index contributed by atoms with van der Waals surface area (Å²) in [7, 11) is 0. The van der Waals surface area contributed by atoms with E-state index < -0.39 is 0 Å². The van der Waals surface area contributed by atoms with Crippen molar-refractivity contribution in [2.75, 3.05) is 19.8 Å². The Morgan fingerprint density at radius 3 is 2.37 bits per heavy atom. The molecule has 3 nitrogen and oxygen atoms in total. The summed E-state index contributed by atoms with van der Waals surface area (Å²) in [6.45, 7) is 11.9. The highest BCUT2D eigenvalue weighted by Crippen LogP contribution is 2.40. The van der Waals surface area contributed by atoms with Crippen LogP contribution in [0.4, 0.5) is 0 Å². The van der Waals surface area contributed by atoms with Crippen LogP contribution in [0.25, 0.3) is 0 Å². The molecular weight excluding hydrogens is 238 g/mol. The summed E-state index contributed by atoms with van der Waals surface area (Å²) in [4.78, 5) is 0. The van der Waals surface area contributed by atoms with Gasteiger partial charge in [-0.1, -0.05) is 20.8 Å². The minimum Gasteiger partial charge on any atom is -0.381 e. The van der Waals surface area contributed by atoms with Crippen LogP contribution in [0.15, 0.2) is 0 Å². The van der Waals surface area contributed by atoms with Gasteiger partial charge in [0.1, 0.15) is 0 Å². The van der Waals surface area contributed by atoms with Crippen molar-refractivity contribution in [3.63, 3.8) is 0 Å². The molecule has 0 aliphatic carbocycles. The first-order valence-electron chi connectivity index (χ1n) is 8.00. The molecule has 0 aromatic carbocycles. The van der Waals surface area contributed by atoms with Gasteiger partial charge in [-0.3, -0.25) is 0 Å². The maximum absolute atomic E-state index is 6.15. The second-order valence-corrected chi connectivity index (χ2v) is 6.87. The van der Waals surface area contributed by atoms with Gasteiger partial charge in [-0.2, -0.15) is 0 Å². The molecule has 0 aromatic heterocycles. The third-order valence-electron chi connectivity index (χ3n) is 5.06. The first-order valence-corrected chi connectivity index (χ1v) is 8.00. The molecule has 2 rings (SSSR count). The Morgan fingerprint density at radius 2 is 1.74 bits per heavy atom. The van der Waals surface area contributed by atoms with E-state index in [2.05, 4.69) is 33.0 Å². The van der Waals surface area contributed by atoms with Crippen molar-refractivity contribution in [2.24, 2.45) is 11.8 Å². The number of hydrogen-bond donors (Lipinski definition) is 1. The third-order valence-corrected chi connectivity index (χ3v) is 5.06. The van der Waals surface area contributed by atoms with Crippen molar-refractivity contribution in [3.05, 3.63) is 0 Å². The van der Waals surface area contributed by atoms with Crippen LogP contribution in [-0.2, 0) is 9.47 Å². The fourth-order valence-corrected chi connectivity index (χ4v) is 3.69. The molecule has 0 bridgehead atoms. The number of hydrogen-bond acceptors (Lipinski definition) is 3. The van der Waals surface area contributed by atoms with Gasteiger partial charge in [0.15, 0.2) is 0 Å². The summed E-state index contributed by atoms with van der Waals surface area (Å²) in [6, 6.07) is 1.15. The van der Waals surface area contributed by atoms with Gasteiger partial charge in [0, 0.05) is 31.9 Å². The summed E-state index contributed by atoms with van der Waals surface area (Å²) < 4.78 is 11.6. The molecule has 2 heterocycles. The zero-order valence-electron chi connectivity index (χ0n) is 13.1. The van der Waals surface area contributed by atoms with E-state index in [9.17, 15) is 0 Å². The van der Waals surface area contributed by atoms with Gasteiger partial charge in [-0.05, 0) is 44.4 Å². The van der Waals surface area contributed by atoms with Crippen molar-refractivity contribution in [3.8, 4) is 0 Å². The molecule has 3 heteroatoms. The summed E-state index contributed by atoms with van der Waals surface area (Å²) >= 11 is 0. The van der Waals surface area contributed by atoms with E-state index in [4.69, 9.17) is 9.47 Å². The van der Waals surface area contributed by atoms with Crippen molar-refractivity contribution < 1.29 is 9.47 Å². The molecule has 0 radical (unpaired) electrons. The Labute approximate surface area is 118 Å². The van der Waals surface area contributed by atoms with E-state index in [0.29, 0.717) is 18.0 Å². The highest BCUT2D eigenvalue weighted by Gasteiger charge is 2.41. The Balaban J connectivity index is 1.92. The van der Waals surface area contributed by atoms with Crippen LogP contribution in [-0.4, -0.2) is 37.5 Å². The largest absolute Gasteiger partial charge is 0.381 e. The van der Waals surface area contributed by atoms with E-state index in [1.165, 1.54) is 12.8 Å².